The summed E-state index contributed by atoms with van der Waals surface area (Å²) in [6.07, 6.45) is 5.04. The normalized spacial score (nSPS) is 20.0. The first-order chi connectivity index (χ1) is 6.66. The van der Waals surface area contributed by atoms with Gasteiger partial charge in [-0.2, -0.15) is 0 Å². The molecule has 82 valence electrons. The number of likely N-dealkylation sites (N-methyl/N-ethyl adjacent to an activating group) is 1. The molecule has 1 saturated carbocycles. The SMILES string of the molecule is CCOC(=O)C(C)N(C)C1CCCC1. The van der Waals surface area contributed by atoms with Crippen LogP contribution in [0.5, 0.6) is 0 Å². The van der Waals surface area contributed by atoms with E-state index in [2.05, 4.69) is 4.90 Å². The van der Waals surface area contributed by atoms with E-state index in [-0.39, 0.29) is 12.0 Å². The number of rotatable bonds is 4. The lowest BCUT2D eigenvalue weighted by Crippen LogP contribution is -2.42. The maximum atomic E-state index is 11.5. The first-order valence-electron chi connectivity index (χ1n) is 5.55. The number of ether oxygens (including phenoxy) is 1. The van der Waals surface area contributed by atoms with E-state index in [0.717, 1.165) is 0 Å². The molecule has 0 bridgehead atoms. The molecule has 3 heteroatoms. The number of carbonyl (C=O) groups is 1. The topological polar surface area (TPSA) is 29.5 Å². The second-order valence-corrected chi connectivity index (χ2v) is 4.03. The summed E-state index contributed by atoms with van der Waals surface area (Å²) in [5.74, 6) is -0.0955. The van der Waals surface area contributed by atoms with Crippen LogP contribution in [0.25, 0.3) is 0 Å². The minimum atomic E-state index is -0.0990. The Bertz CT molecular complexity index is 188. The molecule has 0 saturated heterocycles. The van der Waals surface area contributed by atoms with Crippen molar-refractivity contribution in [2.24, 2.45) is 0 Å². The van der Waals surface area contributed by atoms with E-state index in [4.69, 9.17) is 4.74 Å². The van der Waals surface area contributed by atoms with Crippen LogP contribution in [0, 0.1) is 0 Å². The number of hydrogen-bond donors (Lipinski definition) is 0. The third-order valence-corrected chi connectivity index (χ3v) is 3.14. The highest BCUT2D eigenvalue weighted by atomic mass is 16.5. The fourth-order valence-corrected chi connectivity index (χ4v) is 2.06. The number of carbonyl (C=O) groups excluding carboxylic acids is 1. The number of nitrogens with zero attached hydrogens (tertiary/aromatic N) is 1. The predicted octanol–water partition coefficient (Wildman–Crippen LogP) is 1.81. The molecule has 0 amide bonds. The molecule has 0 aromatic rings. The summed E-state index contributed by atoms with van der Waals surface area (Å²) in [6.45, 7) is 4.25. The zero-order valence-electron chi connectivity index (χ0n) is 9.45. The Morgan fingerprint density at radius 1 is 1.50 bits per heavy atom. The van der Waals surface area contributed by atoms with Crippen molar-refractivity contribution in [3.05, 3.63) is 0 Å². The van der Waals surface area contributed by atoms with Gasteiger partial charge in [0.1, 0.15) is 6.04 Å². The van der Waals surface area contributed by atoms with Gasteiger partial charge in [-0.15, -0.1) is 0 Å². The molecule has 14 heavy (non-hydrogen) atoms. The van der Waals surface area contributed by atoms with Crippen LogP contribution in [0.4, 0.5) is 0 Å². The molecule has 1 atom stereocenters. The molecule has 0 aromatic carbocycles. The minimum absolute atomic E-state index is 0.0955. The Morgan fingerprint density at radius 3 is 2.57 bits per heavy atom. The summed E-state index contributed by atoms with van der Waals surface area (Å²) < 4.78 is 5.00. The molecular formula is C11H21NO2. The van der Waals surface area contributed by atoms with Crippen LogP contribution in [0.3, 0.4) is 0 Å². The summed E-state index contributed by atoms with van der Waals surface area (Å²) in [6, 6.07) is 0.479. The smallest absolute Gasteiger partial charge is 0.323 e. The predicted molar refractivity (Wildman–Crippen MR) is 56.1 cm³/mol. The molecule has 1 fully saturated rings. The molecule has 0 heterocycles. The average Bonchev–Trinajstić information content (AvgIpc) is 2.68. The van der Waals surface area contributed by atoms with Crippen LogP contribution < -0.4 is 0 Å². The Morgan fingerprint density at radius 2 is 2.07 bits per heavy atom. The maximum absolute atomic E-state index is 11.5. The Labute approximate surface area is 86.4 Å². The second kappa shape index (κ2) is 5.35. The Hall–Kier alpha value is -0.570. The van der Waals surface area contributed by atoms with E-state index in [9.17, 15) is 4.79 Å². The second-order valence-electron chi connectivity index (χ2n) is 4.03. The summed E-state index contributed by atoms with van der Waals surface area (Å²) in [4.78, 5) is 13.6. The van der Waals surface area contributed by atoms with Crippen LogP contribution >= 0.6 is 0 Å². The van der Waals surface area contributed by atoms with E-state index >= 15 is 0 Å². The molecule has 0 N–H and O–H groups in total. The highest BCUT2D eigenvalue weighted by Crippen LogP contribution is 2.23. The van der Waals surface area contributed by atoms with Crippen molar-refractivity contribution in [2.75, 3.05) is 13.7 Å². The maximum Gasteiger partial charge on any atom is 0.323 e. The van der Waals surface area contributed by atoms with E-state index in [1.54, 1.807) is 0 Å². The molecule has 0 aromatic heterocycles. The van der Waals surface area contributed by atoms with Gasteiger partial charge in [0.25, 0.3) is 0 Å². The molecule has 0 radical (unpaired) electrons. The van der Waals surface area contributed by atoms with E-state index in [1.807, 2.05) is 20.9 Å². The minimum Gasteiger partial charge on any atom is -0.465 e. The zero-order chi connectivity index (χ0) is 10.6. The van der Waals surface area contributed by atoms with Crippen molar-refractivity contribution in [3.8, 4) is 0 Å². The lowest BCUT2D eigenvalue weighted by atomic mass is 10.2. The Balaban J connectivity index is 2.41. The lowest BCUT2D eigenvalue weighted by molar-refractivity contribution is -0.149. The fourth-order valence-electron chi connectivity index (χ4n) is 2.06. The van der Waals surface area contributed by atoms with Crippen LogP contribution in [0.1, 0.15) is 39.5 Å². The van der Waals surface area contributed by atoms with E-state index in [0.29, 0.717) is 12.6 Å². The molecule has 1 aliphatic rings. The number of esters is 1. The van der Waals surface area contributed by atoms with E-state index in [1.165, 1.54) is 25.7 Å². The highest BCUT2D eigenvalue weighted by Gasteiger charge is 2.27. The van der Waals surface area contributed by atoms with Gasteiger partial charge in [-0.25, -0.2) is 0 Å². The van der Waals surface area contributed by atoms with Crippen LogP contribution in [-0.4, -0.2) is 36.6 Å². The van der Waals surface area contributed by atoms with Gasteiger partial charge < -0.3 is 4.74 Å². The summed E-state index contributed by atoms with van der Waals surface area (Å²) in [5, 5.41) is 0. The summed E-state index contributed by atoms with van der Waals surface area (Å²) >= 11 is 0. The molecule has 1 aliphatic carbocycles. The van der Waals surface area contributed by atoms with Crippen molar-refractivity contribution in [1.29, 1.82) is 0 Å². The lowest BCUT2D eigenvalue weighted by Gasteiger charge is -2.28. The number of hydrogen-bond acceptors (Lipinski definition) is 3. The largest absolute Gasteiger partial charge is 0.465 e. The van der Waals surface area contributed by atoms with Gasteiger partial charge >= 0.3 is 5.97 Å². The van der Waals surface area contributed by atoms with Crippen molar-refractivity contribution in [3.63, 3.8) is 0 Å². The molecule has 0 aliphatic heterocycles. The van der Waals surface area contributed by atoms with Gasteiger partial charge in [-0.1, -0.05) is 12.8 Å². The van der Waals surface area contributed by atoms with Gasteiger partial charge in [-0.05, 0) is 33.7 Å². The van der Waals surface area contributed by atoms with Gasteiger partial charge in [0.05, 0.1) is 6.61 Å². The van der Waals surface area contributed by atoms with Gasteiger partial charge in [-0.3, -0.25) is 9.69 Å². The van der Waals surface area contributed by atoms with Crippen LogP contribution in [0.15, 0.2) is 0 Å². The molecule has 3 nitrogen and oxygen atoms in total. The van der Waals surface area contributed by atoms with Crippen molar-refractivity contribution >= 4 is 5.97 Å². The van der Waals surface area contributed by atoms with Gasteiger partial charge in [0, 0.05) is 6.04 Å². The third-order valence-electron chi connectivity index (χ3n) is 3.14. The van der Waals surface area contributed by atoms with Crippen molar-refractivity contribution in [1.82, 2.24) is 4.90 Å². The first-order valence-corrected chi connectivity index (χ1v) is 5.55. The van der Waals surface area contributed by atoms with Gasteiger partial charge in [0.2, 0.25) is 0 Å². The third kappa shape index (κ3) is 2.71. The fraction of sp³-hybridized carbons (Fsp3) is 0.909. The van der Waals surface area contributed by atoms with Crippen molar-refractivity contribution < 1.29 is 9.53 Å². The highest BCUT2D eigenvalue weighted by molar-refractivity contribution is 5.75. The quantitative estimate of drug-likeness (QED) is 0.647. The van der Waals surface area contributed by atoms with Crippen molar-refractivity contribution in [2.45, 2.75) is 51.6 Å². The van der Waals surface area contributed by atoms with E-state index < -0.39 is 0 Å². The monoisotopic (exact) mass is 199 g/mol. The first kappa shape index (κ1) is 11.5. The Kier molecular flexibility index (Phi) is 4.39. The van der Waals surface area contributed by atoms with Crippen LogP contribution in [0.2, 0.25) is 0 Å². The molecule has 0 spiro atoms. The average molecular weight is 199 g/mol. The van der Waals surface area contributed by atoms with Crippen LogP contribution in [-0.2, 0) is 9.53 Å². The molecular weight excluding hydrogens is 178 g/mol. The standard InChI is InChI=1S/C11H21NO2/c1-4-14-11(13)9(2)12(3)10-7-5-6-8-10/h9-10H,4-8H2,1-3H3. The summed E-state index contributed by atoms with van der Waals surface area (Å²) in [7, 11) is 2.03. The van der Waals surface area contributed by atoms with Gasteiger partial charge in [0.15, 0.2) is 0 Å². The molecule has 1 unspecified atom stereocenters. The molecule has 1 rings (SSSR count). The zero-order valence-corrected chi connectivity index (χ0v) is 9.45. The summed E-state index contributed by atoms with van der Waals surface area (Å²) in [5.41, 5.74) is 0.